The van der Waals surface area contributed by atoms with Crippen LogP contribution in [0.4, 0.5) is 0 Å². The van der Waals surface area contributed by atoms with Crippen LogP contribution in [0.2, 0.25) is 0 Å². The van der Waals surface area contributed by atoms with E-state index < -0.39 is 10.0 Å². The van der Waals surface area contributed by atoms with Crippen LogP contribution in [0.15, 0.2) is 64.1 Å². The lowest BCUT2D eigenvalue weighted by Gasteiger charge is -2.07. The molecular weight excluding hydrogens is 366 g/mol. The minimum Gasteiger partial charge on any atom is -0.294 e. The average Bonchev–Trinajstić information content (AvgIpc) is 2.87. The zero-order valence-corrected chi connectivity index (χ0v) is 14.1. The van der Waals surface area contributed by atoms with Crippen LogP contribution in [0.25, 0.3) is 10.9 Å². The van der Waals surface area contributed by atoms with Crippen LogP contribution in [0, 0.1) is 0 Å². The summed E-state index contributed by atoms with van der Waals surface area (Å²) in [4.78, 5) is 12.0. The summed E-state index contributed by atoms with van der Waals surface area (Å²) in [7, 11) is -3.74. The summed E-state index contributed by atoms with van der Waals surface area (Å²) in [5, 5.41) is 0.612. The number of hydrogen-bond acceptors (Lipinski definition) is 3. The van der Waals surface area contributed by atoms with Gasteiger partial charge in [0.05, 0.1) is 10.4 Å². The Morgan fingerprint density at radius 1 is 1.09 bits per heavy atom. The van der Waals surface area contributed by atoms with Crippen LogP contribution < -0.4 is 0 Å². The van der Waals surface area contributed by atoms with Crippen LogP contribution in [0.1, 0.15) is 17.3 Å². The summed E-state index contributed by atoms with van der Waals surface area (Å²) in [6, 6.07) is 13.4. The van der Waals surface area contributed by atoms with Gasteiger partial charge in [-0.1, -0.05) is 34.1 Å². The Kier molecular flexibility index (Phi) is 3.66. The lowest BCUT2D eigenvalue weighted by atomic mass is 10.1. The Balaban J connectivity index is 2.35. The van der Waals surface area contributed by atoms with Gasteiger partial charge in [-0.2, -0.15) is 0 Å². The molecule has 0 fully saturated rings. The summed E-state index contributed by atoms with van der Waals surface area (Å²) < 4.78 is 27.6. The number of nitrogens with zero attached hydrogens (tertiary/aromatic N) is 1. The monoisotopic (exact) mass is 377 g/mol. The van der Waals surface area contributed by atoms with E-state index in [1.165, 1.54) is 29.2 Å². The Morgan fingerprint density at radius 3 is 2.41 bits per heavy atom. The number of aromatic nitrogens is 1. The highest BCUT2D eigenvalue weighted by Crippen LogP contribution is 2.28. The minimum absolute atomic E-state index is 0.176. The summed E-state index contributed by atoms with van der Waals surface area (Å²) in [6.07, 6.45) is 1.39. The van der Waals surface area contributed by atoms with Gasteiger partial charge in [-0.05, 0) is 37.3 Å². The molecule has 0 unspecified atom stereocenters. The topological polar surface area (TPSA) is 56.1 Å². The number of rotatable bonds is 3. The molecule has 1 heterocycles. The molecule has 0 saturated carbocycles. The van der Waals surface area contributed by atoms with Crippen molar-refractivity contribution < 1.29 is 13.2 Å². The Hall–Kier alpha value is -1.92. The van der Waals surface area contributed by atoms with Crippen LogP contribution in [-0.4, -0.2) is 18.2 Å². The molecule has 0 aliphatic carbocycles. The summed E-state index contributed by atoms with van der Waals surface area (Å²) in [6.45, 7) is 1.43. The van der Waals surface area contributed by atoms with Gasteiger partial charge in [0.15, 0.2) is 5.78 Å². The van der Waals surface area contributed by atoms with E-state index in [9.17, 15) is 13.2 Å². The van der Waals surface area contributed by atoms with Gasteiger partial charge < -0.3 is 0 Å². The number of Topliss-reactive ketones (excluding diaryl/α,β-unsaturated/α-hetero) is 1. The van der Waals surface area contributed by atoms with Gasteiger partial charge in [0.25, 0.3) is 10.0 Å². The first kappa shape index (κ1) is 15.0. The molecule has 3 rings (SSSR count). The van der Waals surface area contributed by atoms with E-state index >= 15 is 0 Å². The molecular formula is C16H12BrNO3S. The molecule has 2 aromatic carbocycles. The lowest BCUT2D eigenvalue weighted by Crippen LogP contribution is -2.11. The third kappa shape index (κ3) is 2.38. The molecule has 4 nitrogen and oxygen atoms in total. The predicted octanol–water partition coefficient (Wildman–Crippen LogP) is 3.84. The fourth-order valence-electron chi connectivity index (χ4n) is 2.36. The maximum atomic E-state index is 12.8. The normalized spacial score (nSPS) is 11.7. The third-order valence-corrected chi connectivity index (χ3v) is 5.59. The summed E-state index contributed by atoms with van der Waals surface area (Å²) in [5.41, 5.74) is 0.869. The molecule has 1 aromatic heterocycles. The maximum Gasteiger partial charge on any atom is 0.268 e. The molecule has 22 heavy (non-hydrogen) atoms. The van der Waals surface area contributed by atoms with E-state index in [0.717, 1.165) is 4.47 Å². The van der Waals surface area contributed by atoms with Gasteiger partial charge in [-0.25, -0.2) is 12.4 Å². The van der Waals surface area contributed by atoms with Crippen molar-refractivity contribution in [1.82, 2.24) is 3.97 Å². The highest BCUT2D eigenvalue weighted by Gasteiger charge is 2.22. The first-order chi connectivity index (χ1) is 10.4. The predicted molar refractivity (Wildman–Crippen MR) is 88.7 cm³/mol. The molecule has 6 heteroatoms. The standard InChI is InChI=1S/C16H12BrNO3S/c1-11(19)15-10-18(16-8-7-12(17)9-14(15)16)22(20,21)13-5-3-2-4-6-13/h2-10H,1H3. The molecule has 0 aliphatic heterocycles. The first-order valence-corrected chi connectivity index (χ1v) is 8.77. The van der Waals surface area contributed by atoms with Crippen molar-refractivity contribution in [2.24, 2.45) is 0 Å². The number of fused-ring (bicyclic) bond motifs is 1. The highest BCUT2D eigenvalue weighted by molar-refractivity contribution is 9.10. The molecule has 0 atom stereocenters. The van der Waals surface area contributed by atoms with Crippen molar-refractivity contribution in [3.8, 4) is 0 Å². The van der Waals surface area contributed by atoms with Crippen molar-refractivity contribution in [2.75, 3.05) is 0 Å². The summed E-state index contributed by atoms with van der Waals surface area (Å²) >= 11 is 3.35. The second kappa shape index (κ2) is 5.37. The van der Waals surface area contributed by atoms with Crippen molar-refractivity contribution in [3.05, 3.63) is 64.8 Å². The van der Waals surface area contributed by atoms with Gasteiger partial charge in [0.2, 0.25) is 0 Å². The van der Waals surface area contributed by atoms with Crippen molar-refractivity contribution in [3.63, 3.8) is 0 Å². The van der Waals surface area contributed by atoms with E-state index in [4.69, 9.17) is 0 Å². The Bertz CT molecular complexity index is 975. The molecule has 0 spiro atoms. The number of hydrogen-bond donors (Lipinski definition) is 0. The fraction of sp³-hybridized carbons (Fsp3) is 0.0625. The number of carbonyl (C=O) groups excluding carboxylic acids is 1. The van der Waals surface area contributed by atoms with Gasteiger partial charge in [0, 0.05) is 21.6 Å². The first-order valence-electron chi connectivity index (χ1n) is 6.53. The van der Waals surface area contributed by atoms with Crippen LogP contribution in [-0.2, 0) is 10.0 Å². The average molecular weight is 378 g/mol. The summed E-state index contributed by atoms with van der Waals surface area (Å²) in [5.74, 6) is -0.176. The van der Waals surface area contributed by atoms with Crippen LogP contribution >= 0.6 is 15.9 Å². The molecule has 0 N–H and O–H groups in total. The SMILES string of the molecule is CC(=O)c1cn(S(=O)(=O)c2ccccc2)c2ccc(Br)cc12. The van der Waals surface area contributed by atoms with E-state index in [0.29, 0.717) is 16.5 Å². The lowest BCUT2D eigenvalue weighted by molar-refractivity contribution is 0.101. The van der Waals surface area contributed by atoms with Crippen molar-refractivity contribution in [1.29, 1.82) is 0 Å². The number of ketones is 1. The maximum absolute atomic E-state index is 12.8. The van der Waals surface area contributed by atoms with Gasteiger partial charge in [-0.15, -0.1) is 0 Å². The smallest absolute Gasteiger partial charge is 0.268 e. The second-order valence-electron chi connectivity index (χ2n) is 4.87. The fourth-order valence-corrected chi connectivity index (χ4v) is 4.11. The Labute approximate surface area is 136 Å². The van der Waals surface area contributed by atoms with E-state index in [1.807, 2.05) is 0 Å². The molecule has 3 aromatic rings. The van der Waals surface area contributed by atoms with Gasteiger partial charge in [-0.3, -0.25) is 4.79 Å². The van der Waals surface area contributed by atoms with Crippen molar-refractivity contribution >= 4 is 42.6 Å². The van der Waals surface area contributed by atoms with E-state index in [1.54, 1.807) is 36.4 Å². The number of benzene rings is 2. The Morgan fingerprint density at radius 2 is 1.77 bits per heavy atom. The number of carbonyl (C=O) groups is 1. The molecule has 0 radical (unpaired) electrons. The molecule has 0 saturated heterocycles. The van der Waals surface area contributed by atoms with Gasteiger partial charge >= 0.3 is 0 Å². The molecule has 112 valence electrons. The molecule has 0 aliphatic rings. The van der Waals surface area contributed by atoms with Gasteiger partial charge in [0.1, 0.15) is 0 Å². The second-order valence-corrected chi connectivity index (χ2v) is 7.60. The third-order valence-electron chi connectivity index (χ3n) is 3.41. The number of halogens is 1. The molecule has 0 bridgehead atoms. The van der Waals surface area contributed by atoms with Crippen LogP contribution in [0.5, 0.6) is 0 Å². The van der Waals surface area contributed by atoms with Crippen LogP contribution in [0.3, 0.4) is 0 Å². The van der Waals surface area contributed by atoms with E-state index in [-0.39, 0.29) is 10.7 Å². The largest absolute Gasteiger partial charge is 0.294 e. The minimum atomic E-state index is -3.74. The molecule has 0 amide bonds. The zero-order valence-electron chi connectivity index (χ0n) is 11.7. The zero-order chi connectivity index (χ0) is 15.9. The highest BCUT2D eigenvalue weighted by atomic mass is 79.9. The van der Waals surface area contributed by atoms with E-state index in [2.05, 4.69) is 15.9 Å². The van der Waals surface area contributed by atoms with Crippen molar-refractivity contribution in [2.45, 2.75) is 11.8 Å². The quantitative estimate of drug-likeness (QED) is 0.651.